The summed E-state index contributed by atoms with van der Waals surface area (Å²) in [5, 5.41) is 9.01. The van der Waals surface area contributed by atoms with Crippen molar-refractivity contribution < 1.29 is 50.4 Å². The number of ether oxygens (including phenoxy) is 2. The highest BCUT2D eigenvalue weighted by Gasteiger charge is 2.44. The molecule has 0 bridgehead atoms. The highest BCUT2D eigenvalue weighted by Crippen LogP contribution is 2.55. The molecule has 14 heteroatoms. The van der Waals surface area contributed by atoms with Crippen LogP contribution in [0.3, 0.4) is 0 Å². The lowest BCUT2D eigenvalue weighted by Gasteiger charge is -2.27. The van der Waals surface area contributed by atoms with Gasteiger partial charge in [-0.25, -0.2) is 4.79 Å². The standard InChI is InChI=1S/C36H42N3O8PS.BrH/c1-46-35(43)24-22-32(40)31(26-49-39-45)38-34(42)23-21-30(36(44)47-2)37-33(41)20-12-13-25-48(27-14-6-3-7-15-27,28-16-8-4-9-17-28)29-18-10-5-11-19-29;/h3-11,14-19,30-31H,12-13,20-26H2,1-2H3,(H-,37,38,41,42);1H/t30-,31-;/m0./s1. The Labute approximate surface area is 308 Å². The zero-order valence-corrected chi connectivity index (χ0v) is 31.4. The Morgan fingerprint density at radius 2 is 1.18 bits per heavy atom. The summed E-state index contributed by atoms with van der Waals surface area (Å²) in [4.78, 5) is 72.9. The molecule has 0 heterocycles. The van der Waals surface area contributed by atoms with Crippen molar-refractivity contribution in [2.75, 3.05) is 26.1 Å². The largest absolute Gasteiger partial charge is 1.00 e. The lowest BCUT2D eigenvalue weighted by atomic mass is 10.1. The van der Waals surface area contributed by atoms with Gasteiger partial charge in [-0.05, 0) is 55.7 Å². The first-order chi connectivity index (χ1) is 23.7. The summed E-state index contributed by atoms with van der Waals surface area (Å²) in [6.45, 7) is 0. The number of unbranched alkanes of at least 4 members (excludes halogenated alkanes) is 1. The minimum absolute atomic E-state index is 0. The molecule has 11 nitrogen and oxygen atoms in total. The van der Waals surface area contributed by atoms with Gasteiger partial charge in [-0.1, -0.05) is 54.6 Å². The third kappa shape index (κ3) is 12.8. The predicted octanol–water partition coefficient (Wildman–Crippen LogP) is 1.01. The maximum Gasteiger partial charge on any atom is 0.328 e. The van der Waals surface area contributed by atoms with E-state index in [0.29, 0.717) is 18.4 Å². The Balaban J connectivity index is 0.00000867. The fourth-order valence-electron chi connectivity index (χ4n) is 5.54. The molecule has 268 valence electrons. The Morgan fingerprint density at radius 1 is 0.680 bits per heavy atom. The number of nitrogens with one attached hydrogen (secondary N) is 2. The quantitative estimate of drug-likeness (QED) is 0.0529. The number of nitrogens with zero attached hydrogens (tertiary/aromatic N) is 1. The predicted molar refractivity (Wildman–Crippen MR) is 193 cm³/mol. The lowest BCUT2D eigenvalue weighted by Crippen LogP contribution is -3.00. The molecule has 3 aromatic carbocycles. The summed E-state index contributed by atoms with van der Waals surface area (Å²) in [6, 6.07) is 29.3. The summed E-state index contributed by atoms with van der Waals surface area (Å²) in [5.74, 6) is -2.78. The van der Waals surface area contributed by atoms with E-state index in [4.69, 9.17) is 4.74 Å². The van der Waals surface area contributed by atoms with Crippen molar-refractivity contribution in [3.8, 4) is 0 Å². The van der Waals surface area contributed by atoms with Crippen LogP contribution >= 0.6 is 19.2 Å². The molecule has 2 amide bonds. The molecule has 0 unspecified atom stereocenters. The summed E-state index contributed by atoms with van der Waals surface area (Å²) in [5.41, 5.74) is 0. The topological polar surface area (TPSA) is 157 Å². The van der Waals surface area contributed by atoms with Crippen molar-refractivity contribution in [3.63, 3.8) is 0 Å². The van der Waals surface area contributed by atoms with E-state index in [1.165, 1.54) is 30.1 Å². The first kappa shape index (κ1) is 42.2. The summed E-state index contributed by atoms with van der Waals surface area (Å²) < 4.78 is 12.1. The SMILES string of the molecule is COC(=O)CCC(=O)[C@H](CSN=O)NC(=O)CC[C@H](NC(=O)CCCC[P+](c1ccccc1)(c1ccccc1)c1ccccc1)C(=O)OC.[Br-]. The monoisotopic (exact) mass is 787 g/mol. The highest BCUT2D eigenvalue weighted by molar-refractivity contribution is 7.98. The number of methoxy groups -OCH3 is 2. The summed E-state index contributed by atoms with van der Waals surface area (Å²) in [7, 11) is 0.352. The van der Waals surface area contributed by atoms with E-state index in [2.05, 4.69) is 92.7 Å². The zero-order valence-electron chi connectivity index (χ0n) is 28.1. The van der Waals surface area contributed by atoms with Crippen LogP contribution in [0, 0.1) is 4.91 Å². The lowest BCUT2D eigenvalue weighted by molar-refractivity contribution is -0.145. The van der Waals surface area contributed by atoms with E-state index in [1.54, 1.807) is 0 Å². The van der Waals surface area contributed by atoms with Gasteiger partial charge >= 0.3 is 11.9 Å². The first-order valence-corrected chi connectivity index (χ1v) is 18.9. The van der Waals surface area contributed by atoms with Crippen LogP contribution in [0.1, 0.15) is 44.9 Å². The van der Waals surface area contributed by atoms with Crippen molar-refractivity contribution >= 4 is 64.7 Å². The maximum absolute atomic E-state index is 13.1. The number of nitroso groups, excluding NO2 is 1. The molecule has 0 fully saturated rings. The van der Waals surface area contributed by atoms with Crippen molar-refractivity contribution in [2.45, 2.75) is 57.0 Å². The number of ketones is 1. The molecule has 3 aromatic rings. The number of carbonyl (C=O) groups is 5. The minimum atomic E-state index is -2.04. The number of carbonyl (C=O) groups excluding carboxylic acids is 5. The van der Waals surface area contributed by atoms with E-state index in [1.807, 2.05) is 18.2 Å². The van der Waals surface area contributed by atoms with Gasteiger partial charge in [-0.2, -0.15) is 0 Å². The second-order valence-corrected chi connectivity index (χ2v) is 15.6. The smallest absolute Gasteiger partial charge is 0.328 e. The number of amides is 2. The molecule has 0 spiro atoms. The van der Waals surface area contributed by atoms with Gasteiger partial charge in [0, 0.05) is 41.5 Å². The van der Waals surface area contributed by atoms with Crippen molar-refractivity contribution in [2.24, 2.45) is 4.58 Å². The number of esters is 2. The third-order valence-corrected chi connectivity index (χ3v) is 13.2. The van der Waals surface area contributed by atoms with E-state index in [9.17, 15) is 28.9 Å². The van der Waals surface area contributed by atoms with E-state index < -0.39 is 43.0 Å². The second kappa shape index (κ2) is 22.7. The Morgan fingerprint density at radius 3 is 1.66 bits per heavy atom. The molecule has 0 aliphatic rings. The third-order valence-electron chi connectivity index (χ3n) is 8.04. The van der Waals surface area contributed by atoms with Crippen LogP contribution < -0.4 is 43.5 Å². The maximum atomic E-state index is 13.1. The number of hydrogen-bond donors (Lipinski definition) is 2. The van der Waals surface area contributed by atoms with Crippen LogP contribution in [0.15, 0.2) is 95.6 Å². The van der Waals surface area contributed by atoms with Gasteiger partial charge < -0.3 is 37.1 Å². The van der Waals surface area contributed by atoms with Crippen LogP contribution in [-0.4, -0.2) is 67.8 Å². The van der Waals surface area contributed by atoms with Gasteiger partial charge in [0.25, 0.3) is 0 Å². The van der Waals surface area contributed by atoms with E-state index in [-0.39, 0.29) is 60.7 Å². The van der Waals surface area contributed by atoms with Crippen LogP contribution in [0.2, 0.25) is 0 Å². The van der Waals surface area contributed by atoms with Crippen LogP contribution in [0.25, 0.3) is 0 Å². The Bertz CT molecular complexity index is 1440. The van der Waals surface area contributed by atoms with Crippen LogP contribution in [0.4, 0.5) is 0 Å². The van der Waals surface area contributed by atoms with Crippen LogP contribution in [-0.2, 0) is 33.4 Å². The molecule has 50 heavy (non-hydrogen) atoms. The Kier molecular flexibility index (Phi) is 19.2. The molecule has 0 radical (unpaired) electrons. The molecule has 0 aliphatic heterocycles. The normalized spacial score (nSPS) is 12.0. The van der Waals surface area contributed by atoms with Crippen LogP contribution in [0.5, 0.6) is 0 Å². The average molecular weight is 789 g/mol. The number of Topliss-reactive ketones (excluding diaryl/α,β-unsaturated/α-hetero) is 1. The minimum Gasteiger partial charge on any atom is -1.00 e. The van der Waals surface area contributed by atoms with Gasteiger partial charge in [-0.15, -0.1) is 4.91 Å². The number of rotatable bonds is 21. The summed E-state index contributed by atoms with van der Waals surface area (Å²) in [6.07, 6.45) is 1.70. The molecule has 2 N–H and O–H groups in total. The van der Waals surface area contributed by atoms with Gasteiger partial charge in [0.05, 0.1) is 32.8 Å². The average Bonchev–Trinajstić information content (AvgIpc) is 3.14. The van der Waals surface area contributed by atoms with Crippen molar-refractivity contribution in [3.05, 3.63) is 95.9 Å². The fourth-order valence-corrected chi connectivity index (χ4v) is 10.4. The highest BCUT2D eigenvalue weighted by atomic mass is 79.9. The molecular formula is C36H43BrN3O8PS. The fraction of sp³-hybridized carbons (Fsp3) is 0.361. The number of halogens is 1. The van der Waals surface area contributed by atoms with Crippen molar-refractivity contribution in [1.29, 1.82) is 0 Å². The van der Waals surface area contributed by atoms with Crippen molar-refractivity contribution in [1.82, 2.24) is 10.6 Å². The van der Waals surface area contributed by atoms with E-state index >= 15 is 0 Å². The molecule has 3 rings (SSSR count). The van der Waals surface area contributed by atoms with Gasteiger partial charge in [0.1, 0.15) is 29.2 Å². The summed E-state index contributed by atoms with van der Waals surface area (Å²) >= 11 is 0.563. The molecule has 0 aliphatic carbocycles. The molecule has 2 atom stereocenters. The Hall–Kier alpha value is -3.93. The molecule has 0 saturated heterocycles. The number of benzene rings is 3. The molecule has 0 saturated carbocycles. The first-order valence-electron chi connectivity index (χ1n) is 16.0. The second-order valence-electron chi connectivity index (χ2n) is 11.2. The number of hydrogen-bond acceptors (Lipinski definition) is 10. The van der Waals surface area contributed by atoms with Gasteiger partial charge in [-0.3, -0.25) is 19.2 Å². The van der Waals surface area contributed by atoms with Gasteiger partial charge in [0.15, 0.2) is 5.78 Å². The molecule has 0 aromatic heterocycles. The van der Waals surface area contributed by atoms with Gasteiger partial charge in [0.2, 0.25) is 11.8 Å². The molecular weight excluding hydrogens is 745 g/mol. The zero-order chi connectivity index (χ0) is 35.5. The van der Waals surface area contributed by atoms with E-state index in [0.717, 1.165) is 12.6 Å².